The number of nitriles is 1. The van der Waals surface area contributed by atoms with Crippen molar-refractivity contribution >= 4 is 46.8 Å². The number of likely N-dealkylation sites (tertiary alicyclic amines) is 1. The second kappa shape index (κ2) is 9.64. The van der Waals surface area contributed by atoms with Crippen LogP contribution in [0.15, 0.2) is 42.5 Å². The summed E-state index contributed by atoms with van der Waals surface area (Å²) in [5, 5.41) is 9.89. The number of hydrogen-bond acceptors (Lipinski definition) is 6. The number of likely N-dealkylation sites (N-methyl/N-ethyl adjacent to an activating group) is 1. The molecule has 2 unspecified atom stereocenters. The van der Waals surface area contributed by atoms with Gasteiger partial charge in [-0.2, -0.15) is 5.26 Å². The van der Waals surface area contributed by atoms with Crippen LogP contribution >= 0.6 is 23.2 Å². The Kier molecular flexibility index (Phi) is 6.65. The van der Waals surface area contributed by atoms with Gasteiger partial charge in [-0.3, -0.25) is 14.5 Å². The van der Waals surface area contributed by atoms with Crippen molar-refractivity contribution in [2.45, 2.75) is 24.8 Å². The zero-order chi connectivity index (χ0) is 26.5. The Morgan fingerprint density at radius 3 is 2.46 bits per heavy atom. The topological polar surface area (TPSA) is 94.0 Å². The summed E-state index contributed by atoms with van der Waals surface area (Å²) in [5.41, 5.74) is 0.519. The van der Waals surface area contributed by atoms with Crippen LogP contribution in [-0.2, 0) is 14.3 Å². The van der Waals surface area contributed by atoms with E-state index in [1.165, 1.54) is 4.90 Å². The van der Waals surface area contributed by atoms with Gasteiger partial charge in [0.2, 0.25) is 0 Å². The average Bonchev–Trinajstić information content (AvgIpc) is 3.48. The first-order valence-electron chi connectivity index (χ1n) is 12.2. The predicted octanol–water partition coefficient (Wildman–Crippen LogP) is 4.30. The Morgan fingerprint density at radius 2 is 1.84 bits per heavy atom. The van der Waals surface area contributed by atoms with Gasteiger partial charge in [0.1, 0.15) is 5.54 Å². The normalized spacial score (nSPS) is 27.2. The number of hydrogen-bond donors (Lipinski definition) is 0. The van der Waals surface area contributed by atoms with Crippen LogP contribution in [0.2, 0.25) is 10.0 Å². The lowest BCUT2D eigenvalue weighted by Crippen LogP contribution is -2.53. The van der Waals surface area contributed by atoms with Gasteiger partial charge < -0.3 is 9.64 Å². The highest BCUT2D eigenvalue weighted by Crippen LogP contribution is 2.48. The molecular weight excluding hydrogens is 515 g/mol. The largest absolute Gasteiger partial charge is 0.466 e. The Labute approximate surface area is 225 Å². The van der Waals surface area contributed by atoms with Crippen molar-refractivity contribution in [2.24, 2.45) is 11.8 Å². The van der Waals surface area contributed by atoms with Gasteiger partial charge in [-0.25, -0.2) is 9.69 Å². The third kappa shape index (κ3) is 4.35. The fourth-order valence-corrected chi connectivity index (χ4v) is 6.27. The molecule has 1 saturated carbocycles. The van der Waals surface area contributed by atoms with E-state index in [9.17, 15) is 19.6 Å². The van der Waals surface area contributed by atoms with Crippen molar-refractivity contribution in [3.63, 3.8) is 0 Å². The van der Waals surface area contributed by atoms with Crippen molar-refractivity contribution in [2.75, 3.05) is 38.2 Å². The van der Waals surface area contributed by atoms with Gasteiger partial charge in [-0.1, -0.05) is 35.3 Å². The second-order valence-electron chi connectivity index (χ2n) is 9.87. The van der Waals surface area contributed by atoms with Gasteiger partial charge in [-0.15, -0.1) is 0 Å². The molecule has 0 bridgehead atoms. The molecule has 0 radical (unpaired) electrons. The van der Waals surface area contributed by atoms with Crippen molar-refractivity contribution < 1.29 is 19.1 Å². The Balaban J connectivity index is 1.50. The van der Waals surface area contributed by atoms with Crippen LogP contribution in [0.4, 0.5) is 10.5 Å². The molecule has 2 saturated heterocycles. The molecule has 1 spiro atoms. The summed E-state index contributed by atoms with van der Waals surface area (Å²) < 4.78 is 5.18. The molecule has 1 aliphatic carbocycles. The minimum Gasteiger partial charge on any atom is -0.466 e. The number of rotatable bonds is 6. The van der Waals surface area contributed by atoms with E-state index in [2.05, 4.69) is 11.0 Å². The molecule has 0 aromatic heterocycles. The molecule has 10 heteroatoms. The highest BCUT2D eigenvalue weighted by atomic mass is 35.5. The summed E-state index contributed by atoms with van der Waals surface area (Å²) in [5.74, 6) is -0.864. The monoisotopic (exact) mass is 540 g/mol. The molecular formula is C27H26Cl2N4O4. The number of benzene rings is 2. The van der Waals surface area contributed by atoms with Gasteiger partial charge >= 0.3 is 12.0 Å². The smallest absolute Gasteiger partial charge is 0.332 e. The summed E-state index contributed by atoms with van der Waals surface area (Å²) in [6, 6.07) is 13.4. The molecule has 2 heterocycles. The fraction of sp³-hybridized carbons (Fsp3) is 0.407. The number of carbonyl (C=O) groups excluding carboxylic acids is 3. The summed E-state index contributed by atoms with van der Waals surface area (Å²) in [4.78, 5) is 44.8. The lowest BCUT2D eigenvalue weighted by atomic mass is 9.80. The Morgan fingerprint density at radius 1 is 1.16 bits per heavy atom. The molecule has 2 aliphatic heterocycles. The van der Waals surface area contributed by atoms with E-state index in [0.717, 1.165) is 16.9 Å². The first kappa shape index (κ1) is 25.5. The van der Waals surface area contributed by atoms with E-state index in [4.69, 9.17) is 27.9 Å². The summed E-state index contributed by atoms with van der Waals surface area (Å²) >= 11 is 12.4. The third-order valence-corrected chi connectivity index (χ3v) is 8.12. The Bertz CT molecular complexity index is 1290. The highest BCUT2D eigenvalue weighted by Gasteiger charge is 2.64. The van der Waals surface area contributed by atoms with Crippen molar-refractivity contribution in [3.05, 3.63) is 63.6 Å². The molecule has 192 valence electrons. The maximum Gasteiger partial charge on any atom is 0.332 e. The van der Waals surface area contributed by atoms with Crippen molar-refractivity contribution in [3.8, 4) is 6.07 Å². The molecule has 3 fully saturated rings. The molecule has 2 aromatic rings. The molecule has 4 atom stereocenters. The molecule has 2 aromatic carbocycles. The second-order valence-corrected chi connectivity index (χ2v) is 10.7. The van der Waals surface area contributed by atoms with Gasteiger partial charge in [0, 0.05) is 42.6 Å². The maximum atomic E-state index is 14.2. The number of imide groups is 1. The maximum absolute atomic E-state index is 14.2. The minimum absolute atomic E-state index is 0.131. The third-order valence-electron chi connectivity index (χ3n) is 7.68. The number of esters is 1. The minimum atomic E-state index is -1.17. The number of urea groups is 1. The SMILES string of the molecule is CCOC(=O)C1CC1CN1C[C@@H](c2ccc(C#N)cc2)[C@]2(C1)C(=O)N(c1cc(Cl)cc(Cl)c1)C(=O)N2C. The van der Waals surface area contributed by atoms with E-state index < -0.39 is 11.6 Å². The van der Waals surface area contributed by atoms with E-state index in [1.807, 2.05) is 12.1 Å². The first-order valence-corrected chi connectivity index (χ1v) is 12.9. The van der Waals surface area contributed by atoms with E-state index >= 15 is 0 Å². The van der Waals surface area contributed by atoms with E-state index in [-0.39, 0.29) is 29.6 Å². The van der Waals surface area contributed by atoms with Gasteiger partial charge in [-0.05, 0) is 55.2 Å². The number of amides is 3. The van der Waals surface area contributed by atoms with Gasteiger partial charge in [0.25, 0.3) is 5.91 Å². The molecule has 3 amide bonds. The van der Waals surface area contributed by atoms with Gasteiger partial charge in [0.05, 0.1) is 29.8 Å². The zero-order valence-corrected chi connectivity index (χ0v) is 22.0. The predicted molar refractivity (Wildman–Crippen MR) is 138 cm³/mol. The quantitative estimate of drug-likeness (QED) is 0.400. The van der Waals surface area contributed by atoms with Gasteiger partial charge in [0.15, 0.2) is 0 Å². The van der Waals surface area contributed by atoms with Crippen LogP contribution < -0.4 is 4.90 Å². The van der Waals surface area contributed by atoms with E-state index in [0.29, 0.717) is 47.5 Å². The van der Waals surface area contributed by atoms with Crippen LogP contribution in [-0.4, -0.2) is 66.5 Å². The van der Waals surface area contributed by atoms with Crippen LogP contribution in [0, 0.1) is 23.2 Å². The van der Waals surface area contributed by atoms with Crippen LogP contribution in [0.25, 0.3) is 0 Å². The fourth-order valence-electron chi connectivity index (χ4n) is 5.75. The summed E-state index contributed by atoms with van der Waals surface area (Å²) in [6.07, 6.45) is 0.750. The molecule has 3 aliphatic rings. The molecule has 37 heavy (non-hydrogen) atoms. The highest BCUT2D eigenvalue weighted by molar-refractivity contribution is 6.35. The molecule has 8 nitrogen and oxygen atoms in total. The zero-order valence-electron chi connectivity index (χ0n) is 20.5. The van der Waals surface area contributed by atoms with Crippen LogP contribution in [0.3, 0.4) is 0 Å². The summed E-state index contributed by atoms with van der Waals surface area (Å²) in [6.45, 7) is 3.59. The Hall–Kier alpha value is -3.12. The first-order chi connectivity index (χ1) is 17.7. The lowest BCUT2D eigenvalue weighted by Gasteiger charge is -2.34. The summed E-state index contributed by atoms with van der Waals surface area (Å²) in [7, 11) is 1.64. The van der Waals surface area contributed by atoms with Crippen molar-refractivity contribution in [1.82, 2.24) is 9.80 Å². The molecule has 0 N–H and O–H groups in total. The lowest BCUT2D eigenvalue weighted by molar-refractivity contribution is -0.145. The van der Waals surface area contributed by atoms with Crippen molar-refractivity contribution in [1.29, 1.82) is 5.26 Å². The van der Waals surface area contributed by atoms with E-state index in [1.54, 1.807) is 44.3 Å². The number of nitrogens with zero attached hydrogens (tertiary/aromatic N) is 4. The van der Waals surface area contributed by atoms with Crippen LogP contribution in [0.5, 0.6) is 0 Å². The average molecular weight is 541 g/mol. The molecule has 5 rings (SSSR count). The number of ether oxygens (including phenoxy) is 1. The standard InChI is InChI=1S/C27H26Cl2N4O4/c1-3-37-24(34)22-8-18(22)13-32-14-23(17-6-4-16(12-30)5-7-17)27(15-32)25(35)33(26(36)31(27)2)21-10-19(28)9-20(29)11-21/h4-7,9-11,18,22-23H,3,8,13-15H2,1-2H3/t18?,22?,23-,27+/m0/s1. The number of carbonyl (C=O) groups is 3. The van der Waals surface area contributed by atoms with Crippen LogP contribution in [0.1, 0.15) is 30.4 Å². The number of halogens is 2. The number of anilines is 1.